The van der Waals surface area contributed by atoms with Gasteiger partial charge in [0.1, 0.15) is 5.78 Å². The molecule has 2 unspecified atom stereocenters. The van der Waals surface area contributed by atoms with E-state index < -0.39 is 11.8 Å². The summed E-state index contributed by atoms with van der Waals surface area (Å²) in [6.45, 7) is 8.49. The number of ether oxygens (including phenoxy) is 1. The first-order chi connectivity index (χ1) is 17.8. The van der Waals surface area contributed by atoms with Crippen LogP contribution in [0.15, 0.2) is 0 Å². The van der Waals surface area contributed by atoms with Gasteiger partial charge in [0, 0.05) is 64.6 Å². The van der Waals surface area contributed by atoms with E-state index in [0.29, 0.717) is 45.7 Å². The van der Waals surface area contributed by atoms with E-state index in [1.165, 1.54) is 0 Å². The van der Waals surface area contributed by atoms with Gasteiger partial charge in [0.05, 0.1) is 5.92 Å². The molecule has 216 valence electrons. The fraction of sp³-hybridized carbons (Fsp3) is 0.857. The third-order valence-electron chi connectivity index (χ3n) is 6.15. The van der Waals surface area contributed by atoms with E-state index in [-0.39, 0.29) is 49.4 Å². The van der Waals surface area contributed by atoms with Crippen molar-refractivity contribution in [2.24, 2.45) is 11.8 Å². The fourth-order valence-corrected chi connectivity index (χ4v) is 3.86. The van der Waals surface area contributed by atoms with Gasteiger partial charge >= 0.3 is 0 Å². The second kappa shape index (κ2) is 24.3. The Morgan fingerprint density at radius 1 is 0.676 bits per heavy atom. The molecule has 9 nitrogen and oxygen atoms in total. The minimum Gasteiger partial charge on any atom is -0.396 e. The van der Waals surface area contributed by atoms with E-state index in [4.69, 9.17) is 9.84 Å². The number of carbonyl (C=O) groups is 4. The summed E-state index contributed by atoms with van der Waals surface area (Å²) in [5, 5.41) is 17.3. The van der Waals surface area contributed by atoms with Gasteiger partial charge in [0.25, 0.3) is 0 Å². The third kappa shape index (κ3) is 20.7. The minimum absolute atomic E-state index is 0.0436. The lowest BCUT2D eigenvalue weighted by Gasteiger charge is -2.18. The smallest absolute Gasteiger partial charge is 0.224 e. The Kier molecular flexibility index (Phi) is 23.0. The summed E-state index contributed by atoms with van der Waals surface area (Å²) >= 11 is 0. The Morgan fingerprint density at radius 3 is 1.86 bits per heavy atom. The Morgan fingerprint density at radius 2 is 1.24 bits per heavy atom. The van der Waals surface area contributed by atoms with E-state index >= 15 is 0 Å². The summed E-state index contributed by atoms with van der Waals surface area (Å²) in [5.74, 6) is -2.19. The zero-order chi connectivity index (χ0) is 27.7. The molecule has 0 bridgehead atoms. The van der Waals surface area contributed by atoms with Crippen LogP contribution in [-0.4, -0.2) is 68.1 Å². The predicted molar refractivity (Wildman–Crippen MR) is 146 cm³/mol. The van der Waals surface area contributed by atoms with Crippen LogP contribution in [0.2, 0.25) is 0 Å². The maximum Gasteiger partial charge on any atom is 0.224 e. The van der Waals surface area contributed by atoms with E-state index in [9.17, 15) is 19.2 Å². The van der Waals surface area contributed by atoms with Crippen molar-refractivity contribution in [1.29, 1.82) is 0 Å². The van der Waals surface area contributed by atoms with Crippen LogP contribution >= 0.6 is 0 Å². The summed E-state index contributed by atoms with van der Waals surface area (Å²) in [6, 6.07) is 0. The van der Waals surface area contributed by atoms with Gasteiger partial charge in [-0.15, -0.1) is 0 Å². The normalized spacial score (nSPS) is 12.5. The van der Waals surface area contributed by atoms with Crippen molar-refractivity contribution in [3.05, 3.63) is 0 Å². The first-order valence-corrected chi connectivity index (χ1v) is 14.4. The Hall–Kier alpha value is -2.00. The van der Waals surface area contributed by atoms with E-state index in [2.05, 4.69) is 29.8 Å². The predicted octanol–water partition coefficient (Wildman–Crippen LogP) is 3.28. The molecule has 0 radical (unpaired) electrons. The van der Waals surface area contributed by atoms with Gasteiger partial charge < -0.3 is 25.8 Å². The minimum atomic E-state index is -0.775. The number of aliphatic hydroxyl groups is 1. The summed E-state index contributed by atoms with van der Waals surface area (Å²) in [6.07, 6.45) is 9.47. The van der Waals surface area contributed by atoms with Crippen molar-refractivity contribution in [2.45, 2.75) is 104 Å². The topological polar surface area (TPSA) is 134 Å². The quantitative estimate of drug-likeness (QED) is 0.135. The number of Topliss-reactive ketones (excluding diaryl/α,β-unsaturated/α-hetero) is 1. The van der Waals surface area contributed by atoms with Gasteiger partial charge in [-0.2, -0.15) is 0 Å². The van der Waals surface area contributed by atoms with Crippen LogP contribution in [0.1, 0.15) is 104 Å². The molecule has 0 spiro atoms. The zero-order valence-electron chi connectivity index (χ0n) is 23.6. The van der Waals surface area contributed by atoms with Crippen LogP contribution in [0.25, 0.3) is 0 Å². The molecule has 37 heavy (non-hydrogen) atoms. The van der Waals surface area contributed by atoms with Gasteiger partial charge in [-0.05, 0) is 25.7 Å². The number of carbonyl (C=O) groups excluding carboxylic acids is 4. The van der Waals surface area contributed by atoms with Gasteiger partial charge in [-0.25, -0.2) is 0 Å². The molecular formula is C28H53N3O6. The van der Waals surface area contributed by atoms with Crippen LogP contribution in [-0.2, 0) is 23.9 Å². The highest BCUT2D eigenvalue weighted by molar-refractivity contribution is 5.92. The highest BCUT2D eigenvalue weighted by Crippen LogP contribution is 2.15. The zero-order valence-corrected chi connectivity index (χ0v) is 23.6. The van der Waals surface area contributed by atoms with E-state index in [1.54, 1.807) is 6.92 Å². The first kappa shape index (κ1) is 35.0. The second-order valence-electron chi connectivity index (χ2n) is 9.85. The molecule has 0 aliphatic rings. The fourth-order valence-electron chi connectivity index (χ4n) is 3.86. The maximum atomic E-state index is 12.8. The molecule has 0 rings (SSSR count). The molecule has 0 aromatic rings. The summed E-state index contributed by atoms with van der Waals surface area (Å²) in [7, 11) is 0. The molecule has 0 fully saturated rings. The highest BCUT2D eigenvalue weighted by atomic mass is 16.5. The van der Waals surface area contributed by atoms with Crippen molar-refractivity contribution in [1.82, 2.24) is 16.0 Å². The molecule has 0 aromatic carbocycles. The Labute approximate surface area is 224 Å². The molecule has 4 N–H and O–H groups in total. The van der Waals surface area contributed by atoms with E-state index in [1.807, 2.05) is 0 Å². The molecule has 0 aliphatic heterocycles. The molecule has 3 amide bonds. The number of ketones is 1. The average Bonchev–Trinajstić information content (AvgIpc) is 2.87. The number of hydrogen-bond acceptors (Lipinski definition) is 6. The van der Waals surface area contributed by atoms with Crippen LogP contribution in [0.5, 0.6) is 0 Å². The standard InChI is InChI=1S/C28H53N3O6/c1-4-6-8-10-14-29-26(34)22-24(28(36)31-16-12-18-37-19-13-17-32)21-25(33)20-23(3)27(35)30-15-11-9-7-5-2/h23-24,32H,4-22H2,1-3H3,(H,29,34)(H,30,35)(H,31,36). The van der Waals surface area contributed by atoms with Crippen molar-refractivity contribution in [3.63, 3.8) is 0 Å². The number of hydrogen-bond donors (Lipinski definition) is 4. The second-order valence-corrected chi connectivity index (χ2v) is 9.85. The van der Waals surface area contributed by atoms with E-state index in [0.717, 1.165) is 51.4 Å². The summed E-state index contributed by atoms with van der Waals surface area (Å²) < 4.78 is 5.36. The summed E-state index contributed by atoms with van der Waals surface area (Å²) in [4.78, 5) is 50.4. The lowest BCUT2D eigenvalue weighted by atomic mass is 9.92. The molecule has 9 heteroatoms. The number of rotatable bonds is 25. The number of aliphatic hydroxyl groups excluding tert-OH is 1. The van der Waals surface area contributed by atoms with Crippen molar-refractivity contribution in [2.75, 3.05) is 39.5 Å². The van der Waals surface area contributed by atoms with Crippen molar-refractivity contribution >= 4 is 23.5 Å². The number of amides is 3. The van der Waals surface area contributed by atoms with Crippen LogP contribution in [0, 0.1) is 11.8 Å². The molecule has 0 heterocycles. The third-order valence-corrected chi connectivity index (χ3v) is 6.15. The highest BCUT2D eigenvalue weighted by Gasteiger charge is 2.26. The first-order valence-electron chi connectivity index (χ1n) is 14.4. The van der Waals surface area contributed by atoms with Crippen molar-refractivity contribution in [3.8, 4) is 0 Å². The Bertz CT molecular complexity index is 629. The number of unbranched alkanes of at least 4 members (excludes halogenated alkanes) is 6. The van der Waals surface area contributed by atoms with Gasteiger partial charge in [-0.1, -0.05) is 59.3 Å². The molecule has 2 atom stereocenters. The maximum absolute atomic E-state index is 12.8. The van der Waals surface area contributed by atoms with Gasteiger partial charge in [0.2, 0.25) is 17.7 Å². The lowest BCUT2D eigenvalue weighted by Crippen LogP contribution is -2.37. The van der Waals surface area contributed by atoms with Crippen molar-refractivity contribution < 1.29 is 29.0 Å². The molecule has 0 aromatic heterocycles. The van der Waals surface area contributed by atoms with Crippen LogP contribution < -0.4 is 16.0 Å². The van der Waals surface area contributed by atoms with Crippen LogP contribution in [0.4, 0.5) is 0 Å². The monoisotopic (exact) mass is 527 g/mol. The molecule has 0 saturated carbocycles. The number of nitrogens with one attached hydrogen (secondary N) is 3. The van der Waals surface area contributed by atoms with Gasteiger partial charge in [0.15, 0.2) is 0 Å². The SMILES string of the molecule is CCCCCCNC(=O)CC(CC(=O)CC(C)C(=O)NCCCCCC)C(=O)NCCCOCCCO. The average molecular weight is 528 g/mol. The summed E-state index contributed by atoms with van der Waals surface area (Å²) in [5.41, 5.74) is 0. The molecule has 0 saturated heterocycles. The molecular weight excluding hydrogens is 474 g/mol. The van der Waals surface area contributed by atoms with Gasteiger partial charge in [-0.3, -0.25) is 19.2 Å². The largest absolute Gasteiger partial charge is 0.396 e. The van der Waals surface area contributed by atoms with Crippen LogP contribution in [0.3, 0.4) is 0 Å². The Balaban J connectivity index is 4.71. The molecule has 0 aliphatic carbocycles. The lowest BCUT2D eigenvalue weighted by molar-refractivity contribution is -0.134.